The summed E-state index contributed by atoms with van der Waals surface area (Å²) in [6.45, 7) is 1.78. The van der Waals surface area contributed by atoms with Crippen LogP contribution in [-0.2, 0) is 24.1 Å². The van der Waals surface area contributed by atoms with Crippen LogP contribution in [0.4, 0.5) is 0 Å². The van der Waals surface area contributed by atoms with Crippen molar-refractivity contribution in [2.24, 2.45) is 0 Å². The van der Waals surface area contributed by atoms with Crippen molar-refractivity contribution >= 4 is 25.7 Å². The van der Waals surface area contributed by atoms with Crippen molar-refractivity contribution in [1.82, 2.24) is 0 Å². The van der Waals surface area contributed by atoms with Crippen LogP contribution in [0.25, 0.3) is 0 Å². The van der Waals surface area contributed by atoms with Gasteiger partial charge in [-0.15, -0.1) is 0 Å². The molecule has 6 nitrogen and oxygen atoms in total. The van der Waals surface area contributed by atoms with Gasteiger partial charge in [0, 0.05) is 5.56 Å². The van der Waals surface area contributed by atoms with E-state index in [0.29, 0.717) is 0 Å². The molecule has 29 heavy (non-hydrogen) atoms. The standard InChI is InChI=1S/C21H18O6S2/c1-16-12-14-19(15-13-16)29(25,26)27-21(20(22)17-8-4-2-5-9-17)28(23,24)18-10-6-3-7-11-18/h2-15,21H,1H3. The van der Waals surface area contributed by atoms with Gasteiger partial charge in [0.25, 0.3) is 10.1 Å². The molecule has 0 spiro atoms. The quantitative estimate of drug-likeness (QED) is 0.421. The van der Waals surface area contributed by atoms with Gasteiger partial charge in [-0.05, 0) is 31.2 Å². The molecule has 0 aliphatic carbocycles. The fraction of sp³-hybridized carbons (Fsp3) is 0.0952. The largest absolute Gasteiger partial charge is 0.298 e. The molecule has 0 saturated carbocycles. The fourth-order valence-electron chi connectivity index (χ4n) is 2.58. The van der Waals surface area contributed by atoms with Gasteiger partial charge in [0.2, 0.25) is 21.1 Å². The molecule has 0 heterocycles. The third-order valence-electron chi connectivity index (χ3n) is 4.15. The average Bonchev–Trinajstić information content (AvgIpc) is 2.73. The lowest BCUT2D eigenvalue weighted by molar-refractivity contribution is 0.0887. The first-order chi connectivity index (χ1) is 13.7. The number of carbonyl (C=O) groups is 1. The Morgan fingerprint density at radius 3 is 1.79 bits per heavy atom. The number of carbonyl (C=O) groups excluding carboxylic acids is 1. The molecular formula is C21H18O6S2. The van der Waals surface area contributed by atoms with E-state index < -0.39 is 31.2 Å². The number of hydrogen-bond donors (Lipinski definition) is 0. The lowest BCUT2D eigenvalue weighted by atomic mass is 10.1. The van der Waals surface area contributed by atoms with Crippen molar-refractivity contribution in [3.63, 3.8) is 0 Å². The molecule has 0 bridgehead atoms. The number of hydrogen-bond acceptors (Lipinski definition) is 6. The second-order valence-electron chi connectivity index (χ2n) is 6.28. The van der Waals surface area contributed by atoms with E-state index in [9.17, 15) is 21.6 Å². The molecule has 3 aromatic carbocycles. The van der Waals surface area contributed by atoms with Gasteiger partial charge in [-0.2, -0.15) is 8.42 Å². The number of benzene rings is 3. The highest BCUT2D eigenvalue weighted by atomic mass is 32.2. The zero-order chi connectivity index (χ0) is 21.1. The Morgan fingerprint density at radius 2 is 1.24 bits per heavy atom. The van der Waals surface area contributed by atoms with Gasteiger partial charge < -0.3 is 0 Å². The van der Waals surface area contributed by atoms with E-state index >= 15 is 0 Å². The van der Waals surface area contributed by atoms with E-state index in [1.807, 2.05) is 0 Å². The van der Waals surface area contributed by atoms with Crippen LogP contribution in [0.1, 0.15) is 15.9 Å². The highest BCUT2D eigenvalue weighted by molar-refractivity contribution is 7.94. The summed E-state index contributed by atoms with van der Waals surface area (Å²) < 4.78 is 56.7. The summed E-state index contributed by atoms with van der Waals surface area (Å²) >= 11 is 0. The summed E-state index contributed by atoms with van der Waals surface area (Å²) in [5.74, 6) is -0.967. The Morgan fingerprint density at radius 1 is 0.724 bits per heavy atom. The van der Waals surface area contributed by atoms with E-state index in [4.69, 9.17) is 4.18 Å². The summed E-state index contributed by atoms with van der Waals surface area (Å²) in [5.41, 5.74) is -1.41. The minimum Gasteiger partial charge on any atom is -0.290 e. The molecule has 0 saturated heterocycles. The maximum atomic E-state index is 13.1. The molecule has 150 valence electrons. The summed E-state index contributed by atoms with van der Waals surface area (Å²) in [6, 6.07) is 20.4. The SMILES string of the molecule is Cc1ccc(S(=O)(=O)OC(C(=O)c2ccccc2)S(=O)(=O)c2ccccc2)cc1. The minimum absolute atomic E-state index is 0.0242. The van der Waals surface area contributed by atoms with Crippen molar-refractivity contribution in [2.75, 3.05) is 0 Å². The van der Waals surface area contributed by atoms with Gasteiger partial charge >= 0.3 is 0 Å². The second kappa shape index (κ2) is 8.28. The van der Waals surface area contributed by atoms with E-state index in [1.165, 1.54) is 48.5 Å². The second-order valence-corrected chi connectivity index (χ2v) is 9.85. The van der Waals surface area contributed by atoms with E-state index in [-0.39, 0.29) is 15.4 Å². The number of rotatable bonds is 7. The Labute approximate surface area is 169 Å². The molecular weight excluding hydrogens is 412 g/mol. The molecule has 0 fully saturated rings. The van der Waals surface area contributed by atoms with Crippen LogP contribution < -0.4 is 0 Å². The molecule has 1 atom stereocenters. The minimum atomic E-state index is -4.52. The number of Topliss-reactive ketones (excluding diaryl/α,β-unsaturated/α-hetero) is 1. The van der Waals surface area contributed by atoms with Gasteiger partial charge in [0.15, 0.2) is 0 Å². The molecule has 0 radical (unpaired) electrons. The topological polar surface area (TPSA) is 94.6 Å². The van der Waals surface area contributed by atoms with Crippen LogP contribution in [-0.4, -0.2) is 28.1 Å². The molecule has 3 rings (SSSR count). The molecule has 0 aromatic heterocycles. The van der Waals surface area contributed by atoms with Crippen molar-refractivity contribution in [3.8, 4) is 0 Å². The summed E-state index contributed by atoms with van der Waals surface area (Å²) in [7, 11) is -8.97. The third kappa shape index (κ3) is 4.61. The van der Waals surface area contributed by atoms with Gasteiger partial charge in [0.05, 0.1) is 9.79 Å². The maximum Gasteiger partial charge on any atom is 0.298 e. The van der Waals surface area contributed by atoms with Crippen LogP contribution in [0.3, 0.4) is 0 Å². The van der Waals surface area contributed by atoms with Crippen molar-refractivity contribution in [3.05, 3.63) is 96.1 Å². The van der Waals surface area contributed by atoms with Crippen molar-refractivity contribution in [2.45, 2.75) is 22.2 Å². The Bertz CT molecular complexity index is 1200. The Balaban J connectivity index is 2.08. The van der Waals surface area contributed by atoms with Crippen LogP contribution in [0.15, 0.2) is 94.7 Å². The number of sulfone groups is 1. The van der Waals surface area contributed by atoms with Crippen molar-refractivity contribution < 1.29 is 25.8 Å². The monoisotopic (exact) mass is 430 g/mol. The molecule has 1 unspecified atom stereocenters. The van der Waals surface area contributed by atoms with Gasteiger partial charge in [-0.3, -0.25) is 4.79 Å². The Kier molecular flexibility index (Phi) is 5.97. The Hall–Kier alpha value is -2.81. The first-order valence-corrected chi connectivity index (χ1v) is 11.6. The summed E-state index contributed by atoms with van der Waals surface area (Å²) in [4.78, 5) is 12.5. The molecule has 0 N–H and O–H groups in total. The molecule has 3 aromatic rings. The summed E-state index contributed by atoms with van der Waals surface area (Å²) in [5, 5.41) is 0. The van der Waals surface area contributed by atoms with E-state index in [2.05, 4.69) is 0 Å². The molecule has 0 aliphatic heterocycles. The highest BCUT2D eigenvalue weighted by Crippen LogP contribution is 2.25. The van der Waals surface area contributed by atoms with E-state index in [1.54, 1.807) is 43.3 Å². The van der Waals surface area contributed by atoms with Crippen LogP contribution in [0, 0.1) is 6.92 Å². The number of aryl methyl sites for hydroxylation is 1. The normalized spacial score (nSPS) is 13.0. The maximum absolute atomic E-state index is 13.1. The summed E-state index contributed by atoms with van der Waals surface area (Å²) in [6.07, 6.45) is 0. The first-order valence-electron chi connectivity index (χ1n) is 8.60. The zero-order valence-corrected chi connectivity index (χ0v) is 17.1. The molecule has 0 amide bonds. The van der Waals surface area contributed by atoms with Gasteiger partial charge in [-0.1, -0.05) is 66.2 Å². The van der Waals surface area contributed by atoms with Gasteiger partial charge in [-0.25, -0.2) is 12.6 Å². The smallest absolute Gasteiger partial charge is 0.290 e. The molecule has 8 heteroatoms. The van der Waals surface area contributed by atoms with E-state index in [0.717, 1.165) is 5.56 Å². The molecule has 0 aliphatic rings. The third-order valence-corrected chi connectivity index (χ3v) is 7.37. The highest BCUT2D eigenvalue weighted by Gasteiger charge is 2.40. The lowest BCUT2D eigenvalue weighted by Crippen LogP contribution is -2.35. The fourth-order valence-corrected chi connectivity index (χ4v) is 5.41. The zero-order valence-electron chi connectivity index (χ0n) is 15.4. The predicted octanol–water partition coefficient (Wildman–Crippen LogP) is 3.38. The lowest BCUT2D eigenvalue weighted by Gasteiger charge is -2.17. The first kappa shape index (κ1) is 20.9. The number of ketones is 1. The van der Waals surface area contributed by atoms with Crippen LogP contribution >= 0.6 is 0 Å². The van der Waals surface area contributed by atoms with Crippen molar-refractivity contribution in [1.29, 1.82) is 0 Å². The predicted molar refractivity (Wildman–Crippen MR) is 108 cm³/mol. The average molecular weight is 431 g/mol. The van der Waals surface area contributed by atoms with Crippen LogP contribution in [0.5, 0.6) is 0 Å². The van der Waals surface area contributed by atoms with Gasteiger partial charge in [0.1, 0.15) is 0 Å². The van der Waals surface area contributed by atoms with Crippen LogP contribution in [0.2, 0.25) is 0 Å².